The first-order valence-electron chi connectivity index (χ1n) is 5.06. The minimum Gasteiger partial charge on any atom is -0.506 e. The summed E-state index contributed by atoms with van der Waals surface area (Å²) in [6.45, 7) is 0. The third-order valence-electron chi connectivity index (χ3n) is 2.10. The van der Waals surface area contributed by atoms with E-state index in [9.17, 15) is 9.90 Å². The van der Waals surface area contributed by atoms with Crippen molar-refractivity contribution in [3.63, 3.8) is 0 Å². The fourth-order valence-corrected chi connectivity index (χ4v) is 1.92. The van der Waals surface area contributed by atoms with Crippen molar-refractivity contribution < 1.29 is 9.90 Å². The molecule has 1 heterocycles. The molecule has 0 unspecified atom stereocenters. The Hall–Kier alpha value is -2.07. The molecule has 0 fully saturated rings. The van der Waals surface area contributed by atoms with E-state index < -0.39 is 0 Å². The van der Waals surface area contributed by atoms with Crippen LogP contribution in [0.15, 0.2) is 47.9 Å². The van der Waals surface area contributed by atoms with Crippen LogP contribution in [0.2, 0.25) is 0 Å². The predicted octanol–water partition coefficient (Wildman–Crippen LogP) is 3.11. The maximum atomic E-state index is 11.6. The molecule has 0 aliphatic rings. The molecule has 0 aliphatic heterocycles. The number of thiophene rings is 1. The van der Waals surface area contributed by atoms with Crippen LogP contribution in [0.3, 0.4) is 0 Å². The van der Waals surface area contributed by atoms with Gasteiger partial charge in [0, 0.05) is 11.0 Å². The molecule has 1 aromatic carbocycles. The highest BCUT2D eigenvalue weighted by molar-refractivity contribution is 7.10. The van der Waals surface area contributed by atoms with Gasteiger partial charge in [-0.25, -0.2) is 0 Å². The van der Waals surface area contributed by atoms with E-state index in [0.29, 0.717) is 5.69 Å². The van der Waals surface area contributed by atoms with E-state index in [0.717, 1.165) is 4.88 Å². The Morgan fingerprint density at radius 2 is 2.06 bits per heavy atom. The van der Waals surface area contributed by atoms with Crippen molar-refractivity contribution in [1.82, 2.24) is 0 Å². The van der Waals surface area contributed by atoms with E-state index in [-0.39, 0.29) is 11.7 Å². The number of phenolic OH excluding ortho intramolecular Hbond substituents is 1. The van der Waals surface area contributed by atoms with Gasteiger partial charge < -0.3 is 10.4 Å². The Morgan fingerprint density at radius 1 is 1.24 bits per heavy atom. The number of nitrogens with one attached hydrogen (secondary N) is 1. The maximum Gasteiger partial charge on any atom is 0.248 e. The van der Waals surface area contributed by atoms with Gasteiger partial charge in [0.15, 0.2) is 0 Å². The topological polar surface area (TPSA) is 49.3 Å². The van der Waals surface area contributed by atoms with Crippen LogP contribution < -0.4 is 5.32 Å². The molecule has 0 aliphatic carbocycles. The summed E-state index contributed by atoms with van der Waals surface area (Å²) in [7, 11) is 0. The van der Waals surface area contributed by atoms with Crippen molar-refractivity contribution in [2.75, 3.05) is 5.32 Å². The van der Waals surface area contributed by atoms with Gasteiger partial charge in [0.25, 0.3) is 0 Å². The number of carbonyl (C=O) groups is 1. The Balaban J connectivity index is 2.01. The number of anilines is 1. The molecule has 0 radical (unpaired) electrons. The lowest BCUT2D eigenvalue weighted by Gasteiger charge is -2.03. The van der Waals surface area contributed by atoms with Crippen LogP contribution in [0.25, 0.3) is 6.08 Å². The molecule has 0 spiro atoms. The van der Waals surface area contributed by atoms with Crippen molar-refractivity contribution >= 4 is 29.0 Å². The second-order valence-corrected chi connectivity index (χ2v) is 4.33. The van der Waals surface area contributed by atoms with Crippen LogP contribution in [-0.4, -0.2) is 11.0 Å². The predicted molar refractivity (Wildman–Crippen MR) is 70.1 cm³/mol. The lowest BCUT2D eigenvalue weighted by Crippen LogP contribution is -2.07. The van der Waals surface area contributed by atoms with Crippen LogP contribution in [0.1, 0.15) is 4.88 Å². The first kappa shape index (κ1) is 11.4. The number of para-hydroxylation sites is 2. The Kier molecular flexibility index (Phi) is 3.57. The minimum atomic E-state index is -0.264. The number of hydrogen-bond donors (Lipinski definition) is 2. The number of carbonyl (C=O) groups excluding carboxylic acids is 1. The molecule has 3 nitrogen and oxygen atoms in total. The third kappa shape index (κ3) is 3.19. The molecule has 0 saturated carbocycles. The Morgan fingerprint density at radius 3 is 2.76 bits per heavy atom. The van der Waals surface area contributed by atoms with Crippen LogP contribution in [0.5, 0.6) is 5.75 Å². The highest BCUT2D eigenvalue weighted by atomic mass is 32.1. The highest BCUT2D eigenvalue weighted by Gasteiger charge is 2.01. The van der Waals surface area contributed by atoms with E-state index >= 15 is 0 Å². The summed E-state index contributed by atoms with van der Waals surface area (Å²) in [5.41, 5.74) is 0.410. The molecule has 2 aromatic rings. The van der Waals surface area contributed by atoms with Crippen molar-refractivity contribution in [3.8, 4) is 5.75 Å². The second kappa shape index (κ2) is 5.32. The maximum absolute atomic E-state index is 11.6. The van der Waals surface area contributed by atoms with Crippen molar-refractivity contribution in [2.45, 2.75) is 0 Å². The van der Waals surface area contributed by atoms with Crippen LogP contribution in [0, 0.1) is 0 Å². The molecule has 1 aromatic heterocycles. The lowest BCUT2D eigenvalue weighted by molar-refractivity contribution is -0.111. The van der Waals surface area contributed by atoms with Gasteiger partial charge in [-0.1, -0.05) is 18.2 Å². The average molecular weight is 245 g/mol. The normalized spacial score (nSPS) is 10.6. The number of benzene rings is 1. The molecular weight excluding hydrogens is 234 g/mol. The number of hydrogen-bond acceptors (Lipinski definition) is 3. The fourth-order valence-electron chi connectivity index (χ4n) is 1.30. The molecule has 0 bridgehead atoms. The number of phenols is 1. The van der Waals surface area contributed by atoms with E-state index in [4.69, 9.17) is 0 Å². The van der Waals surface area contributed by atoms with Crippen molar-refractivity contribution in [1.29, 1.82) is 0 Å². The third-order valence-corrected chi connectivity index (χ3v) is 2.94. The Bertz CT molecular complexity index is 532. The van der Waals surface area contributed by atoms with Crippen LogP contribution in [0.4, 0.5) is 5.69 Å². The first-order chi connectivity index (χ1) is 8.25. The molecule has 0 saturated heterocycles. The van der Waals surface area contributed by atoms with E-state index in [2.05, 4.69) is 5.32 Å². The van der Waals surface area contributed by atoms with Crippen LogP contribution >= 0.6 is 11.3 Å². The molecule has 2 N–H and O–H groups in total. The van der Waals surface area contributed by atoms with E-state index in [1.54, 1.807) is 35.6 Å². The summed E-state index contributed by atoms with van der Waals surface area (Å²) < 4.78 is 0. The van der Waals surface area contributed by atoms with Crippen molar-refractivity contribution in [3.05, 3.63) is 52.7 Å². The minimum absolute atomic E-state index is 0.0605. The van der Waals surface area contributed by atoms with Crippen LogP contribution in [-0.2, 0) is 4.79 Å². The fraction of sp³-hybridized carbons (Fsp3) is 0. The van der Waals surface area contributed by atoms with E-state index in [1.807, 2.05) is 17.5 Å². The molecule has 0 atom stereocenters. The zero-order chi connectivity index (χ0) is 12.1. The van der Waals surface area contributed by atoms with Gasteiger partial charge in [-0.05, 0) is 29.7 Å². The zero-order valence-electron chi connectivity index (χ0n) is 8.96. The molecule has 4 heteroatoms. The summed E-state index contributed by atoms with van der Waals surface area (Å²) in [6.07, 6.45) is 3.18. The van der Waals surface area contributed by atoms with Gasteiger partial charge >= 0.3 is 0 Å². The summed E-state index contributed by atoms with van der Waals surface area (Å²) in [5, 5.41) is 14.0. The Labute approximate surface area is 103 Å². The summed E-state index contributed by atoms with van der Waals surface area (Å²) >= 11 is 1.56. The van der Waals surface area contributed by atoms with Crippen molar-refractivity contribution in [2.24, 2.45) is 0 Å². The average Bonchev–Trinajstić information content (AvgIpc) is 2.82. The van der Waals surface area contributed by atoms with Gasteiger partial charge in [-0.3, -0.25) is 4.79 Å². The van der Waals surface area contributed by atoms with Gasteiger partial charge in [-0.2, -0.15) is 0 Å². The monoisotopic (exact) mass is 245 g/mol. The molecular formula is C13H11NO2S. The highest BCUT2D eigenvalue weighted by Crippen LogP contribution is 2.21. The number of rotatable bonds is 3. The van der Waals surface area contributed by atoms with Gasteiger partial charge in [0.2, 0.25) is 5.91 Å². The van der Waals surface area contributed by atoms with Gasteiger partial charge in [0.05, 0.1) is 5.69 Å². The van der Waals surface area contributed by atoms with Gasteiger partial charge in [0.1, 0.15) is 5.75 Å². The second-order valence-electron chi connectivity index (χ2n) is 3.36. The number of amides is 1. The molecule has 2 rings (SSSR count). The van der Waals surface area contributed by atoms with Gasteiger partial charge in [-0.15, -0.1) is 11.3 Å². The number of aromatic hydroxyl groups is 1. The summed E-state index contributed by atoms with van der Waals surface area (Å²) in [6, 6.07) is 10.5. The summed E-state index contributed by atoms with van der Waals surface area (Å²) in [4.78, 5) is 12.6. The van der Waals surface area contributed by atoms with E-state index in [1.165, 1.54) is 12.1 Å². The first-order valence-corrected chi connectivity index (χ1v) is 5.94. The molecule has 1 amide bonds. The quantitative estimate of drug-likeness (QED) is 0.645. The molecule has 86 valence electrons. The largest absolute Gasteiger partial charge is 0.506 e. The zero-order valence-corrected chi connectivity index (χ0v) is 9.78. The smallest absolute Gasteiger partial charge is 0.248 e. The SMILES string of the molecule is O=C(/C=C/c1cccs1)Nc1ccccc1O. The molecule has 17 heavy (non-hydrogen) atoms. The standard InChI is InChI=1S/C13H11NO2S/c15-12-6-2-1-5-11(12)14-13(16)8-7-10-4-3-9-17-10/h1-9,15H,(H,14,16)/b8-7+. The summed E-state index contributed by atoms with van der Waals surface area (Å²) in [5.74, 6) is -0.203. The lowest BCUT2D eigenvalue weighted by atomic mass is 10.3.